The average Bonchev–Trinajstić information content (AvgIpc) is 2.82. The van der Waals surface area contributed by atoms with E-state index in [0.29, 0.717) is 0 Å². The van der Waals surface area contributed by atoms with Gasteiger partial charge in [0.2, 0.25) is 0 Å². The van der Waals surface area contributed by atoms with Crippen molar-refractivity contribution in [2.75, 3.05) is 0 Å². The van der Waals surface area contributed by atoms with Crippen molar-refractivity contribution in [2.24, 2.45) is 11.8 Å². The highest BCUT2D eigenvalue weighted by molar-refractivity contribution is 5.89. The van der Waals surface area contributed by atoms with Crippen molar-refractivity contribution in [1.82, 2.24) is 0 Å². The topological polar surface area (TPSA) is 0 Å². The predicted octanol–water partition coefficient (Wildman–Crippen LogP) is 7.78. The minimum atomic E-state index is 0.762. The molecule has 148 valence electrons. The van der Waals surface area contributed by atoms with Gasteiger partial charge in [-0.2, -0.15) is 0 Å². The Morgan fingerprint density at radius 1 is 0.500 bits per heavy atom. The van der Waals surface area contributed by atoms with Crippen molar-refractivity contribution in [2.45, 2.75) is 50.4 Å². The minimum absolute atomic E-state index is 0.762. The number of hydrogen-bond donors (Lipinski definition) is 0. The van der Waals surface area contributed by atoms with Crippen molar-refractivity contribution < 1.29 is 0 Å². The molecule has 1 saturated carbocycles. The van der Waals surface area contributed by atoms with Gasteiger partial charge in [-0.1, -0.05) is 72.8 Å². The van der Waals surface area contributed by atoms with E-state index in [4.69, 9.17) is 0 Å². The SMILES string of the molecule is c1ccc2c3c(ccc2c1)CC[C@H]1C[C@H]2c4c(ccc5ccccc45)CC[C@H]2C[C@@H]31. The smallest absolute Gasteiger partial charge is 0.0122 e. The summed E-state index contributed by atoms with van der Waals surface area (Å²) in [4.78, 5) is 0. The molecule has 0 heteroatoms. The fraction of sp³-hybridized carbons (Fsp3) is 0.333. The third-order valence-electron chi connectivity index (χ3n) is 8.68. The molecular weight excluding hydrogens is 360 g/mol. The van der Waals surface area contributed by atoms with Gasteiger partial charge >= 0.3 is 0 Å². The second kappa shape index (κ2) is 6.45. The van der Waals surface area contributed by atoms with E-state index in [1.807, 2.05) is 0 Å². The van der Waals surface area contributed by atoms with E-state index in [-0.39, 0.29) is 0 Å². The zero-order valence-electron chi connectivity index (χ0n) is 17.5. The van der Waals surface area contributed by atoms with Gasteiger partial charge in [0.25, 0.3) is 0 Å². The summed E-state index contributed by atoms with van der Waals surface area (Å²) in [7, 11) is 0. The van der Waals surface area contributed by atoms with Crippen LogP contribution < -0.4 is 0 Å². The molecule has 4 aromatic carbocycles. The molecule has 1 fully saturated rings. The van der Waals surface area contributed by atoms with Crippen LogP contribution >= 0.6 is 0 Å². The Morgan fingerprint density at radius 3 is 1.47 bits per heavy atom. The van der Waals surface area contributed by atoms with Gasteiger partial charge in [-0.05, 0) is 106 Å². The third kappa shape index (κ3) is 2.40. The average molecular weight is 389 g/mol. The lowest BCUT2D eigenvalue weighted by atomic mass is 9.57. The fourth-order valence-corrected chi connectivity index (χ4v) is 7.39. The Bertz CT molecular complexity index is 1180. The molecule has 0 N–H and O–H groups in total. The van der Waals surface area contributed by atoms with Crippen LogP contribution in [0.4, 0.5) is 0 Å². The number of hydrogen-bond acceptors (Lipinski definition) is 0. The summed E-state index contributed by atoms with van der Waals surface area (Å²) < 4.78 is 0. The van der Waals surface area contributed by atoms with Crippen LogP contribution in [0.15, 0.2) is 72.8 Å². The Hall–Kier alpha value is -2.60. The molecule has 0 spiro atoms. The molecule has 4 atom stereocenters. The summed E-state index contributed by atoms with van der Waals surface area (Å²) in [5.74, 6) is 3.21. The Kier molecular flexibility index (Phi) is 3.68. The first-order valence-electron chi connectivity index (χ1n) is 11.9. The molecule has 0 saturated heterocycles. The number of benzene rings is 4. The first-order valence-corrected chi connectivity index (χ1v) is 11.9. The molecule has 0 radical (unpaired) electrons. The fourth-order valence-electron chi connectivity index (χ4n) is 7.39. The minimum Gasteiger partial charge on any atom is -0.0616 e. The van der Waals surface area contributed by atoms with Crippen LogP contribution in [-0.2, 0) is 12.8 Å². The van der Waals surface area contributed by atoms with Crippen LogP contribution in [-0.4, -0.2) is 0 Å². The number of aryl methyl sites for hydroxylation is 2. The first kappa shape index (κ1) is 17.1. The maximum absolute atomic E-state index is 2.43. The maximum atomic E-state index is 2.43. The predicted molar refractivity (Wildman–Crippen MR) is 126 cm³/mol. The standard InChI is InChI=1S/C30H28/c1-3-7-25-19(5-1)9-11-21-13-15-23-18-28-24(17-27(23)29(21)25)16-14-22-12-10-20-6-2-4-8-26(20)30(22)28/h1-12,23-24,27-28H,13-18H2/t23-,24-,27+,28+/m0/s1. The van der Waals surface area contributed by atoms with Gasteiger partial charge in [0, 0.05) is 0 Å². The van der Waals surface area contributed by atoms with E-state index in [2.05, 4.69) is 72.8 Å². The van der Waals surface area contributed by atoms with Crippen molar-refractivity contribution in [3.05, 3.63) is 95.1 Å². The molecular formula is C30H28. The van der Waals surface area contributed by atoms with E-state index in [9.17, 15) is 0 Å². The normalized spacial score (nSPS) is 27.2. The summed E-state index contributed by atoms with van der Waals surface area (Å²) >= 11 is 0. The van der Waals surface area contributed by atoms with Crippen LogP contribution in [0.1, 0.15) is 59.8 Å². The molecule has 0 aromatic heterocycles. The van der Waals surface area contributed by atoms with Crippen molar-refractivity contribution in [3.8, 4) is 0 Å². The first-order chi connectivity index (χ1) is 14.9. The van der Waals surface area contributed by atoms with Crippen LogP contribution in [0.5, 0.6) is 0 Å². The zero-order valence-corrected chi connectivity index (χ0v) is 17.5. The molecule has 0 amide bonds. The van der Waals surface area contributed by atoms with Gasteiger partial charge in [-0.15, -0.1) is 0 Å². The summed E-state index contributed by atoms with van der Waals surface area (Å²) in [5.41, 5.74) is 6.70. The largest absolute Gasteiger partial charge is 0.0616 e. The molecule has 0 bridgehead atoms. The monoisotopic (exact) mass is 388 g/mol. The summed E-state index contributed by atoms with van der Waals surface area (Å²) in [6.45, 7) is 0. The molecule has 3 aliphatic carbocycles. The Labute approximate surface area is 178 Å². The lowest BCUT2D eigenvalue weighted by molar-refractivity contribution is 0.171. The highest BCUT2D eigenvalue weighted by atomic mass is 14.5. The van der Waals surface area contributed by atoms with Crippen molar-refractivity contribution in [1.29, 1.82) is 0 Å². The summed E-state index contributed by atoms with van der Waals surface area (Å²) in [6, 6.07) is 27.8. The van der Waals surface area contributed by atoms with Crippen molar-refractivity contribution in [3.63, 3.8) is 0 Å². The van der Waals surface area contributed by atoms with E-state index in [0.717, 1.165) is 23.7 Å². The lowest BCUT2D eigenvalue weighted by Gasteiger charge is -2.48. The number of rotatable bonds is 0. The third-order valence-corrected chi connectivity index (χ3v) is 8.68. The molecule has 7 rings (SSSR count). The summed E-state index contributed by atoms with van der Waals surface area (Å²) in [5, 5.41) is 5.92. The van der Waals surface area contributed by atoms with Gasteiger partial charge in [-0.3, -0.25) is 0 Å². The maximum Gasteiger partial charge on any atom is -0.0122 e. The van der Waals surface area contributed by atoms with E-state index < -0.39 is 0 Å². The molecule has 0 unspecified atom stereocenters. The Morgan fingerprint density at radius 2 is 0.967 bits per heavy atom. The molecule has 0 aliphatic heterocycles. The van der Waals surface area contributed by atoms with Gasteiger partial charge in [0.05, 0.1) is 0 Å². The highest BCUT2D eigenvalue weighted by Gasteiger charge is 2.43. The van der Waals surface area contributed by atoms with Gasteiger partial charge in [-0.25, -0.2) is 0 Å². The Balaban J connectivity index is 1.35. The van der Waals surface area contributed by atoms with Crippen LogP contribution in [0.3, 0.4) is 0 Å². The van der Waals surface area contributed by atoms with Crippen molar-refractivity contribution >= 4 is 21.5 Å². The van der Waals surface area contributed by atoms with Gasteiger partial charge < -0.3 is 0 Å². The lowest BCUT2D eigenvalue weighted by Crippen LogP contribution is -2.35. The molecule has 3 aliphatic rings. The second-order valence-electron chi connectivity index (χ2n) is 10.0. The van der Waals surface area contributed by atoms with Gasteiger partial charge in [0.1, 0.15) is 0 Å². The second-order valence-corrected chi connectivity index (χ2v) is 10.0. The number of fused-ring (bicyclic) bond motifs is 10. The van der Waals surface area contributed by atoms with Crippen LogP contribution in [0, 0.1) is 11.8 Å². The molecule has 0 heterocycles. The molecule has 4 aromatic rings. The van der Waals surface area contributed by atoms with Crippen LogP contribution in [0.25, 0.3) is 21.5 Å². The van der Waals surface area contributed by atoms with Gasteiger partial charge in [0.15, 0.2) is 0 Å². The van der Waals surface area contributed by atoms with E-state index in [1.54, 1.807) is 22.3 Å². The molecule has 0 nitrogen and oxygen atoms in total. The zero-order chi connectivity index (χ0) is 19.7. The quantitative estimate of drug-likeness (QED) is 0.288. The van der Waals surface area contributed by atoms with Crippen LogP contribution in [0.2, 0.25) is 0 Å². The van der Waals surface area contributed by atoms with E-state index in [1.165, 1.54) is 60.1 Å². The summed E-state index contributed by atoms with van der Waals surface area (Å²) in [6.07, 6.45) is 8.05. The molecule has 30 heavy (non-hydrogen) atoms. The highest BCUT2D eigenvalue weighted by Crippen LogP contribution is 2.57. The van der Waals surface area contributed by atoms with E-state index >= 15 is 0 Å².